The molecule has 1 heterocycles. The van der Waals surface area contributed by atoms with E-state index in [-0.39, 0.29) is 5.75 Å². The minimum atomic E-state index is -0.512. The van der Waals surface area contributed by atoms with Gasteiger partial charge in [0.15, 0.2) is 5.58 Å². The van der Waals surface area contributed by atoms with Crippen molar-refractivity contribution in [2.45, 2.75) is 12.1 Å². The normalized spacial score (nSPS) is 10.5. The molecular weight excluding hydrogens is 302 g/mol. The third kappa shape index (κ3) is 3.88. The molecule has 0 aliphatic heterocycles. The molecule has 0 saturated carbocycles. The fourth-order valence-corrected chi connectivity index (χ4v) is 2.24. The third-order valence-electron chi connectivity index (χ3n) is 2.25. The molecule has 0 fully saturated rings. The summed E-state index contributed by atoms with van der Waals surface area (Å²) in [6.07, 6.45) is 0. The maximum absolute atomic E-state index is 11.5. The lowest BCUT2D eigenvalue weighted by Gasteiger charge is -2.02. The number of carbonyl (C=O) groups excluding carboxylic acids is 2. The van der Waals surface area contributed by atoms with Crippen LogP contribution in [0.4, 0.5) is 4.79 Å². The molecule has 0 atom stereocenters. The number of thioether (sulfide) groups is 1. The van der Waals surface area contributed by atoms with E-state index < -0.39 is 11.9 Å². The summed E-state index contributed by atoms with van der Waals surface area (Å²) in [4.78, 5) is 26.8. The number of amides is 3. The van der Waals surface area contributed by atoms with E-state index in [1.165, 1.54) is 0 Å². The minimum absolute atomic E-state index is 0.0394. The molecule has 0 saturated heterocycles. The molecule has 8 heteroatoms. The Hall–Kier alpha value is -1.73. The largest absolute Gasteiger partial charge is 0.431 e. The van der Waals surface area contributed by atoms with Gasteiger partial charge in [0.25, 0.3) is 5.22 Å². The molecule has 0 spiro atoms. The number of urea groups is 1. The first-order valence-electron chi connectivity index (χ1n) is 5.85. The number of halogens is 1. The quantitative estimate of drug-likeness (QED) is 0.847. The monoisotopic (exact) mass is 313 g/mol. The lowest BCUT2D eigenvalue weighted by molar-refractivity contribution is -0.117. The molecular formula is C12H12ClN3O3S. The summed E-state index contributed by atoms with van der Waals surface area (Å²) >= 11 is 6.95. The molecule has 2 aromatic rings. The van der Waals surface area contributed by atoms with Crippen LogP contribution in [0.25, 0.3) is 11.1 Å². The van der Waals surface area contributed by atoms with Gasteiger partial charge in [0.05, 0.1) is 5.75 Å². The summed E-state index contributed by atoms with van der Waals surface area (Å²) in [6.45, 7) is 2.22. The van der Waals surface area contributed by atoms with Crippen molar-refractivity contribution in [3.63, 3.8) is 0 Å². The van der Waals surface area contributed by atoms with Crippen molar-refractivity contribution in [1.82, 2.24) is 15.6 Å². The third-order valence-corrected chi connectivity index (χ3v) is 3.31. The number of imide groups is 1. The Morgan fingerprint density at radius 2 is 2.25 bits per heavy atom. The van der Waals surface area contributed by atoms with Gasteiger partial charge in [-0.1, -0.05) is 23.4 Å². The van der Waals surface area contributed by atoms with E-state index in [9.17, 15) is 9.59 Å². The van der Waals surface area contributed by atoms with Gasteiger partial charge in [-0.15, -0.1) is 0 Å². The zero-order chi connectivity index (χ0) is 14.5. The minimum Gasteiger partial charge on any atom is -0.431 e. The predicted octanol–water partition coefficient (Wildman–Crippen LogP) is 2.42. The topological polar surface area (TPSA) is 84.2 Å². The lowest BCUT2D eigenvalue weighted by Crippen LogP contribution is -2.40. The predicted molar refractivity (Wildman–Crippen MR) is 77.0 cm³/mol. The van der Waals surface area contributed by atoms with Crippen molar-refractivity contribution in [3.8, 4) is 0 Å². The van der Waals surface area contributed by atoms with Gasteiger partial charge in [-0.2, -0.15) is 0 Å². The summed E-state index contributed by atoms with van der Waals surface area (Å²) in [5.41, 5.74) is 1.23. The molecule has 1 aromatic carbocycles. The van der Waals surface area contributed by atoms with Gasteiger partial charge in [-0.3, -0.25) is 10.1 Å². The molecule has 0 unspecified atom stereocenters. The highest BCUT2D eigenvalue weighted by atomic mass is 35.5. The van der Waals surface area contributed by atoms with Crippen molar-refractivity contribution in [2.24, 2.45) is 0 Å². The SMILES string of the molecule is CCNC(=O)NC(=O)CSc1nc2cc(Cl)ccc2o1. The molecule has 2 rings (SSSR count). The van der Waals surface area contributed by atoms with Gasteiger partial charge in [0.2, 0.25) is 5.91 Å². The smallest absolute Gasteiger partial charge is 0.321 e. The number of nitrogens with zero attached hydrogens (tertiary/aromatic N) is 1. The van der Waals surface area contributed by atoms with Crippen LogP contribution in [-0.2, 0) is 4.79 Å². The fourth-order valence-electron chi connectivity index (χ4n) is 1.44. The van der Waals surface area contributed by atoms with E-state index in [1.54, 1.807) is 25.1 Å². The number of oxazole rings is 1. The first-order valence-corrected chi connectivity index (χ1v) is 7.21. The second kappa shape index (κ2) is 6.62. The Labute approximate surface area is 124 Å². The highest BCUT2D eigenvalue weighted by Gasteiger charge is 2.11. The second-order valence-electron chi connectivity index (χ2n) is 3.79. The molecule has 2 N–H and O–H groups in total. The van der Waals surface area contributed by atoms with Crippen molar-refractivity contribution in [3.05, 3.63) is 23.2 Å². The maximum atomic E-state index is 11.5. The molecule has 1 aromatic heterocycles. The van der Waals surface area contributed by atoms with Crippen LogP contribution in [0, 0.1) is 0 Å². The summed E-state index contributed by atoms with van der Waals surface area (Å²) in [6, 6.07) is 4.58. The number of hydrogen-bond donors (Lipinski definition) is 2. The Morgan fingerprint density at radius 1 is 1.45 bits per heavy atom. The number of aromatic nitrogens is 1. The van der Waals surface area contributed by atoms with E-state index in [2.05, 4.69) is 15.6 Å². The zero-order valence-electron chi connectivity index (χ0n) is 10.6. The van der Waals surface area contributed by atoms with E-state index in [1.807, 2.05) is 0 Å². The van der Waals surface area contributed by atoms with Crippen molar-refractivity contribution >= 4 is 46.4 Å². The maximum Gasteiger partial charge on any atom is 0.321 e. The Morgan fingerprint density at radius 3 is 3.00 bits per heavy atom. The van der Waals surface area contributed by atoms with Gasteiger partial charge in [0.1, 0.15) is 5.52 Å². The van der Waals surface area contributed by atoms with Crippen LogP contribution in [0.2, 0.25) is 5.02 Å². The van der Waals surface area contributed by atoms with E-state index >= 15 is 0 Å². The molecule has 0 aliphatic carbocycles. The molecule has 3 amide bonds. The van der Waals surface area contributed by atoms with Crippen LogP contribution in [0.3, 0.4) is 0 Å². The average Bonchev–Trinajstić information content (AvgIpc) is 2.78. The van der Waals surface area contributed by atoms with Gasteiger partial charge in [0, 0.05) is 11.6 Å². The average molecular weight is 314 g/mol. The summed E-state index contributed by atoms with van der Waals surface area (Å²) in [5.74, 6) is -0.376. The molecule has 0 radical (unpaired) electrons. The van der Waals surface area contributed by atoms with E-state index in [4.69, 9.17) is 16.0 Å². The van der Waals surface area contributed by atoms with Crippen LogP contribution in [0.15, 0.2) is 27.8 Å². The first kappa shape index (κ1) is 14.7. The zero-order valence-corrected chi connectivity index (χ0v) is 12.2. The van der Waals surface area contributed by atoms with Gasteiger partial charge >= 0.3 is 6.03 Å². The summed E-state index contributed by atoms with van der Waals surface area (Å²) in [5, 5.41) is 5.58. The van der Waals surface area contributed by atoms with Crippen LogP contribution in [0.5, 0.6) is 0 Å². The van der Waals surface area contributed by atoms with Crippen molar-refractivity contribution in [1.29, 1.82) is 0 Å². The van der Waals surface area contributed by atoms with Gasteiger partial charge in [-0.05, 0) is 25.1 Å². The number of rotatable bonds is 4. The van der Waals surface area contributed by atoms with Crippen molar-refractivity contribution < 1.29 is 14.0 Å². The van der Waals surface area contributed by atoms with Gasteiger partial charge in [-0.25, -0.2) is 9.78 Å². The second-order valence-corrected chi connectivity index (χ2v) is 5.15. The number of benzene rings is 1. The van der Waals surface area contributed by atoms with Crippen LogP contribution in [0.1, 0.15) is 6.92 Å². The van der Waals surface area contributed by atoms with Crippen LogP contribution < -0.4 is 10.6 Å². The van der Waals surface area contributed by atoms with Crippen LogP contribution >= 0.6 is 23.4 Å². The molecule has 20 heavy (non-hydrogen) atoms. The molecule has 0 bridgehead atoms. The Balaban J connectivity index is 1.92. The number of hydrogen-bond acceptors (Lipinski definition) is 5. The molecule has 6 nitrogen and oxygen atoms in total. The molecule has 0 aliphatic rings. The first-order chi connectivity index (χ1) is 9.58. The lowest BCUT2D eigenvalue weighted by atomic mass is 10.3. The van der Waals surface area contributed by atoms with E-state index in [0.29, 0.717) is 27.9 Å². The number of fused-ring (bicyclic) bond motifs is 1. The number of nitrogens with one attached hydrogen (secondary N) is 2. The number of carbonyl (C=O) groups is 2. The van der Waals surface area contributed by atoms with Gasteiger partial charge < -0.3 is 9.73 Å². The van der Waals surface area contributed by atoms with Crippen LogP contribution in [-0.4, -0.2) is 29.2 Å². The fraction of sp³-hybridized carbons (Fsp3) is 0.250. The highest BCUT2D eigenvalue weighted by molar-refractivity contribution is 7.99. The summed E-state index contributed by atoms with van der Waals surface area (Å²) in [7, 11) is 0. The highest BCUT2D eigenvalue weighted by Crippen LogP contribution is 2.25. The standard InChI is InChI=1S/C12H12ClN3O3S/c1-2-14-11(18)16-10(17)6-20-12-15-8-5-7(13)3-4-9(8)19-12/h3-5H,2,6H2,1H3,(H2,14,16,17,18). The Kier molecular flexibility index (Phi) is 4.86. The molecule has 106 valence electrons. The Bertz CT molecular complexity index is 644. The van der Waals surface area contributed by atoms with E-state index in [0.717, 1.165) is 11.8 Å². The summed E-state index contributed by atoms with van der Waals surface area (Å²) < 4.78 is 5.44. The van der Waals surface area contributed by atoms with Crippen molar-refractivity contribution in [2.75, 3.05) is 12.3 Å².